The van der Waals surface area contributed by atoms with Crippen LogP contribution in [0.25, 0.3) is 0 Å². The maximum Gasteiger partial charge on any atom is 0.408 e. The molecule has 0 aromatic carbocycles. The molecule has 4 amide bonds. The van der Waals surface area contributed by atoms with Crippen LogP contribution in [0.5, 0.6) is 0 Å². The lowest BCUT2D eigenvalue weighted by atomic mass is 9.70. The first-order valence-corrected chi connectivity index (χ1v) is 16.4. The zero-order valence-corrected chi connectivity index (χ0v) is 26.5. The Kier molecular flexibility index (Phi) is 10.6. The molecule has 6 atom stereocenters. The Morgan fingerprint density at radius 3 is 2.35 bits per heavy atom. The molecule has 240 valence electrons. The number of ketones is 1. The van der Waals surface area contributed by atoms with Crippen molar-refractivity contribution < 1.29 is 28.7 Å². The Morgan fingerprint density at radius 1 is 1.00 bits per heavy atom. The van der Waals surface area contributed by atoms with Crippen LogP contribution >= 0.6 is 0 Å². The quantitative estimate of drug-likeness (QED) is 0.229. The van der Waals surface area contributed by atoms with Gasteiger partial charge in [0.25, 0.3) is 5.91 Å². The zero-order chi connectivity index (χ0) is 31.4. The summed E-state index contributed by atoms with van der Waals surface area (Å²) in [6.07, 6.45) is 10.6. The summed E-state index contributed by atoms with van der Waals surface area (Å²) in [5.74, 6) is -1.73. The number of fused-ring (bicyclic) bond motifs is 2. The molecule has 0 aromatic rings. The van der Waals surface area contributed by atoms with E-state index in [4.69, 9.17) is 4.74 Å². The van der Waals surface area contributed by atoms with Crippen molar-refractivity contribution in [2.45, 2.75) is 129 Å². The molecule has 1 heterocycles. The number of nitrogens with zero attached hydrogens (tertiary/aromatic N) is 1. The minimum atomic E-state index is -0.978. The Hall–Kier alpha value is -2.91. The molecule has 10 heteroatoms. The van der Waals surface area contributed by atoms with Gasteiger partial charge >= 0.3 is 6.09 Å². The smallest absolute Gasteiger partial charge is 0.408 e. The highest BCUT2D eigenvalue weighted by atomic mass is 16.6. The van der Waals surface area contributed by atoms with Crippen LogP contribution in [0.1, 0.15) is 105 Å². The summed E-state index contributed by atoms with van der Waals surface area (Å²) in [4.78, 5) is 67.8. The number of Topliss-reactive ketones (excluding diaryl/α,β-unsaturated/α-hetero) is 1. The highest BCUT2D eigenvalue weighted by Crippen LogP contribution is 2.63. The van der Waals surface area contributed by atoms with Crippen molar-refractivity contribution in [3.05, 3.63) is 12.7 Å². The summed E-state index contributed by atoms with van der Waals surface area (Å²) in [7, 11) is 0. The molecule has 4 rings (SSSR count). The molecule has 43 heavy (non-hydrogen) atoms. The van der Waals surface area contributed by atoms with Gasteiger partial charge in [0.15, 0.2) is 0 Å². The average molecular weight is 601 g/mol. The van der Waals surface area contributed by atoms with Crippen molar-refractivity contribution in [1.29, 1.82) is 0 Å². The molecule has 3 saturated carbocycles. The van der Waals surface area contributed by atoms with Crippen molar-refractivity contribution in [2.24, 2.45) is 22.7 Å². The fraction of sp³-hybridized carbons (Fsp3) is 0.788. The highest BCUT2D eigenvalue weighted by molar-refractivity contribution is 6.38. The van der Waals surface area contributed by atoms with E-state index in [0.29, 0.717) is 38.1 Å². The summed E-state index contributed by atoms with van der Waals surface area (Å²) >= 11 is 0. The van der Waals surface area contributed by atoms with Gasteiger partial charge in [-0.25, -0.2) is 4.79 Å². The van der Waals surface area contributed by atoms with Crippen LogP contribution in [-0.2, 0) is 23.9 Å². The molecule has 0 aromatic heterocycles. The number of rotatable bonds is 12. The Balaban J connectivity index is 1.46. The second kappa shape index (κ2) is 13.8. The molecule has 5 unspecified atom stereocenters. The monoisotopic (exact) mass is 600 g/mol. The van der Waals surface area contributed by atoms with Crippen molar-refractivity contribution in [1.82, 2.24) is 20.9 Å². The molecule has 1 saturated heterocycles. The third-order valence-corrected chi connectivity index (χ3v) is 10.7. The molecule has 2 bridgehead atoms. The van der Waals surface area contributed by atoms with Crippen molar-refractivity contribution in [3.63, 3.8) is 0 Å². The van der Waals surface area contributed by atoms with Crippen LogP contribution < -0.4 is 16.0 Å². The van der Waals surface area contributed by atoms with E-state index in [2.05, 4.69) is 43.3 Å². The molecular formula is C33H52N4O6. The van der Waals surface area contributed by atoms with Gasteiger partial charge in [-0.3, -0.25) is 19.2 Å². The lowest BCUT2D eigenvalue weighted by Gasteiger charge is -2.42. The zero-order valence-electron chi connectivity index (χ0n) is 26.5. The molecule has 4 aliphatic rings. The van der Waals surface area contributed by atoms with E-state index in [0.717, 1.165) is 51.4 Å². The van der Waals surface area contributed by atoms with E-state index < -0.39 is 41.8 Å². The number of carbonyl (C=O) groups excluding carboxylic acids is 5. The summed E-state index contributed by atoms with van der Waals surface area (Å²) in [6, 6.07) is -2.54. The SMILES string of the molecule is C=CCNC(=O)C(=O)C(CCC)NC(=O)[C@@H]1CCCN1C(=O)C(NC(=O)OC1C2(C)CCC(C2)C1(C)C)C1CCCCC1. The van der Waals surface area contributed by atoms with Gasteiger partial charge < -0.3 is 25.6 Å². The van der Waals surface area contributed by atoms with Gasteiger partial charge in [0, 0.05) is 23.9 Å². The van der Waals surface area contributed by atoms with Gasteiger partial charge in [-0.05, 0) is 63.2 Å². The molecular weight excluding hydrogens is 548 g/mol. The number of carbonyl (C=O) groups is 5. The molecule has 3 N–H and O–H groups in total. The molecule has 3 aliphatic carbocycles. The van der Waals surface area contributed by atoms with Gasteiger partial charge in [0.1, 0.15) is 18.2 Å². The summed E-state index contributed by atoms with van der Waals surface area (Å²) < 4.78 is 6.15. The van der Waals surface area contributed by atoms with E-state index in [-0.39, 0.29) is 35.3 Å². The summed E-state index contributed by atoms with van der Waals surface area (Å²) in [5, 5.41) is 8.21. The lowest BCUT2D eigenvalue weighted by Crippen LogP contribution is -2.58. The first-order valence-electron chi connectivity index (χ1n) is 16.4. The Labute approximate surface area is 256 Å². The predicted octanol–water partition coefficient (Wildman–Crippen LogP) is 4.02. The van der Waals surface area contributed by atoms with Crippen LogP contribution in [-0.4, -0.2) is 71.8 Å². The van der Waals surface area contributed by atoms with Gasteiger partial charge in [-0.15, -0.1) is 6.58 Å². The summed E-state index contributed by atoms with van der Waals surface area (Å²) in [5.41, 5.74) is -0.176. The maximum absolute atomic E-state index is 14.2. The number of nitrogens with one attached hydrogen (secondary N) is 3. The van der Waals surface area contributed by atoms with E-state index in [1.807, 2.05) is 6.92 Å². The van der Waals surface area contributed by atoms with Crippen molar-refractivity contribution in [2.75, 3.05) is 13.1 Å². The first-order chi connectivity index (χ1) is 20.4. The lowest BCUT2D eigenvalue weighted by molar-refractivity contribution is -0.143. The molecule has 10 nitrogen and oxygen atoms in total. The van der Waals surface area contributed by atoms with Crippen LogP contribution in [0.2, 0.25) is 0 Å². The molecule has 0 spiro atoms. The first kappa shape index (κ1) is 33.0. The largest absolute Gasteiger partial charge is 0.445 e. The normalized spacial score (nSPS) is 29.4. The van der Waals surface area contributed by atoms with Crippen LogP contribution in [0.15, 0.2) is 12.7 Å². The molecule has 0 radical (unpaired) electrons. The fourth-order valence-corrected chi connectivity index (χ4v) is 8.38. The third kappa shape index (κ3) is 7.09. The third-order valence-electron chi connectivity index (χ3n) is 10.7. The number of hydrogen-bond acceptors (Lipinski definition) is 6. The van der Waals surface area contributed by atoms with E-state index in [1.54, 1.807) is 4.90 Å². The Morgan fingerprint density at radius 2 is 1.72 bits per heavy atom. The van der Waals surface area contributed by atoms with E-state index in [9.17, 15) is 24.0 Å². The molecule has 4 fully saturated rings. The van der Waals surface area contributed by atoms with Gasteiger partial charge in [0.05, 0.1) is 6.04 Å². The average Bonchev–Trinajstić information content (AvgIpc) is 3.68. The van der Waals surface area contributed by atoms with Gasteiger partial charge in [0.2, 0.25) is 17.6 Å². The fourth-order valence-electron chi connectivity index (χ4n) is 8.38. The minimum absolute atomic E-state index is 0.0373. The van der Waals surface area contributed by atoms with Crippen LogP contribution in [0.3, 0.4) is 0 Å². The second-order valence-corrected chi connectivity index (χ2v) is 14.1. The molecule has 1 aliphatic heterocycles. The number of amides is 4. The second-order valence-electron chi connectivity index (χ2n) is 14.1. The maximum atomic E-state index is 14.2. The highest BCUT2D eigenvalue weighted by Gasteiger charge is 2.61. The summed E-state index contributed by atoms with van der Waals surface area (Å²) in [6.45, 7) is 12.5. The number of likely N-dealkylation sites (tertiary alicyclic amines) is 1. The number of alkyl carbamates (subject to hydrolysis) is 1. The van der Waals surface area contributed by atoms with Crippen LogP contribution in [0.4, 0.5) is 4.79 Å². The van der Waals surface area contributed by atoms with Crippen molar-refractivity contribution in [3.8, 4) is 0 Å². The van der Waals surface area contributed by atoms with Gasteiger partial charge in [-0.2, -0.15) is 0 Å². The minimum Gasteiger partial charge on any atom is -0.445 e. The van der Waals surface area contributed by atoms with E-state index >= 15 is 0 Å². The van der Waals surface area contributed by atoms with E-state index in [1.165, 1.54) is 6.08 Å². The van der Waals surface area contributed by atoms with Crippen LogP contribution in [0, 0.1) is 22.7 Å². The number of hydrogen-bond donors (Lipinski definition) is 3. The predicted molar refractivity (Wildman–Crippen MR) is 163 cm³/mol. The van der Waals surface area contributed by atoms with Gasteiger partial charge in [-0.1, -0.05) is 59.5 Å². The number of ether oxygens (including phenoxy) is 1. The van der Waals surface area contributed by atoms with Crippen molar-refractivity contribution >= 4 is 29.6 Å². The Bertz CT molecular complexity index is 1080. The standard InChI is InChI=1S/C33H52N4O6/c1-6-12-23(26(38)28(40)34-18-7-2)35-27(39)24-15-11-19-37(24)29(41)25(21-13-9-8-10-14-21)36-31(42)43-30-32(3,4)22-16-17-33(30,5)20-22/h7,21-25,30H,2,6,8-20H2,1,3-5H3,(H,34,40)(H,35,39)(H,36,42)/t22?,23?,24-,25?,30?,33?/m0/s1. The topological polar surface area (TPSA) is 134 Å².